The van der Waals surface area contributed by atoms with E-state index in [1.165, 1.54) is 89.9 Å². The first kappa shape index (κ1) is 25.5. The predicted molar refractivity (Wildman–Crippen MR) is 132 cm³/mol. The Morgan fingerprint density at radius 2 is 1.26 bits per heavy atom. The lowest BCUT2D eigenvalue weighted by atomic mass is 10.0. The molecule has 31 heavy (non-hydrogen) atoms. The summed E-state index contributed by atoms with van der Waals surface area (Å²) in [6.45, 7) is 4.83. The van der Waals surface area contributed by atoms with Gasteiger partial charge >= 0.3 is 5.63 Å². The number of benzene rings is 1. The summed E-state index contributed by atoms with van der Waals surface area (Å²) in [5.41, 5.74) is 1.20. The number of hydrogen-bond donors (Lipinski definition) is 0. The zero-order chi connectivity index (χ0) is 22.2. The second kappa shape index (κ2) is 15.9. The minimum absolute atomic E-state index is 0.202. The van der Waals surface area contributed by atoms with Crippen molar-refractivity contribution < 1.29 is 9.15 Å². The Morgan fingerprint density at radius 1 is 0.710 bits per heavy atom. The largest absolute Gasteiger partial charge is 0.494 e. The van der Waals surface area contributed by atoms with Crippen LogP contribution < -0.4 is 10.4 Å². The van der Waals surface area contributed by atoms with Gasteiger partial charge < -0.3 is 9.15 Å². The second-order valence-electron chi connectivity index (χ2n) is 8.89. The van der Waals surface area contributed by atoms with Gasteiger partial charge in [0.05, 0.1) is 6.61 Å². The molecule has 2 aromatic rings. The smallest absolute Gasteiger partial charge is 0.339 e. The number of hydrogen-bond acceptors (Lipinski definition) is 3. The zero-order valence-electron chi connectivity index (χ0n) is 20.1. The van der Waals surface area contributed by atoms with Crippen LogP contribution in [0.3, 0.4) is 0 Å². The van der Waals surface area contributed by atoms with Gasteiger partial charge in [0.2, 0.25) is 0 Å². The van der Waals surface area contributed by atoms with Crippen LogP contribution in [0.2, 0.25) is 0 Å². The average Bonchev–Trinajstić information content (AvgIpc) is 2.77. The molecule has 0 radical (unpaired) electrons. The molecule has 0 N–H and O–H groups in total. The molecule has 0 bridgehead atoms. The van der Waals surface area contributed by atoms with E-state index in [0.29, 0.717) is 12.2 Å². The van der Waals surface area contributed by atoms with Gasteiger partial charge in [0.15, 0.2) is 0 Å². The summed E-state index contributed by atoms with van der Waals surface area (Å²) in [4.78, 5) is 12.3. The van der Waals surface area contributed by atoms with Crippen LogP contribution in [0.5, 0.6) is 5.75 Å². The Hall–Kier alpha value is -1.77. The third-order valence-electron chi connectivity index (χ3n) is 6.14. The fourth-order valence-corrected chi connectivity index (χ4v) is 4.25. The molecular weight excluding hydrogens is 384 g/mol. The molecular formula is C28H44O3. The van der Waals surface area contributed by atoms with Crippen LogP contribution >= 0.6 is 0 Å². The van der Waals surface area contributed by atoms with Crippen molar-refractivity contribution in [3.63, 3.8) is 0 Å². The molecule has 0 fully saturated rings. The van der Waals surface area contributed by atoms with E-state index < -0.39 is 0 Å². The van der Waals surface area contributed by atoms with Gasteiger partial charge in [0, 0.05) is 17.0 Å². The predicted octanol–water partition coefficient (Wildman–Crippen LogP) is 8.61. The Morgan fingerprint density at radius 3 is 1.81 bits per heavy atom. The second-order valence-corrected chi connectivity index (χ2v) is 8.89. The molecule has 1 aromatic heterocycles. The number of rotatable bonds is 18. The van der Waals surface area contributed by atoms with Crippen LogP contribution in [-0.4, -0.2) is 6.61 Å². The van der Waals surface area contributed by atoms with Gasteiger partial charge in [-0.3, -0.25) is 0 Å². The van der Waals surface area contributed by atoms with Crippen LogP contribution in [-0.2, 0) is 6.42 Å². The Balaban J connectivity index is 1.51. The number of aryl methyl sites for hydroxylation is 1. The first-order valence-corrected chi connectivity index (χ1v) is 12.9. The minimum Gasteiger partial charge on any atom is -0.494 e. The molecule has 0 saturated heterocycles. The summed E-state index contributed by atoms with van der Waals surface area (Å²) < 4.78 is 11.0. The molecule has 0 aliphatic carbocycles. The van der Waals surface area contributed by atoms with Crippen LogP contribution in [0, 0.1) is 0 Å². The molecule has 174 valence electrons. The molecule has 0 atom stereocenters. The van der Waals surface area contributed by atoms with Crippen LogP contribution in [0.1, 0.15) is 116 Å². The van der Waals surface area contributed by atoms with Gasteiger partial charge in [-0.2, -0.15) is 0 Å². The van der Waals surface area contributed by atoms with Crippen LogP contribution in [0.15, 0.2) is 33.5 Å². The van der Waals surface area contributed by atoms with Crippen LogP contribution in [0.4, 0.5) is 0 Å². The highest BCUT2D eigenvalue weighted by Crippen LogP contribution is 2.21. The molecule has 3 nitrogen and oxygen atoms in total. The Kier molecular flexibility index (Phi) is 13.1. The summed E-state index contributed by atoms with van der Waals surface area (Å²) in [5.74, 6) is 0.744. The maximum absolute atomic E-state index is 12.3. The zero-order valence-corrected chi connectivity index (χ0v) is 20.1. The van der Waals surface area contributed by atoms with E-state index in [0.717, 1.165) is 29.5 Å². The van der Waals surface area contributed by atoms with E-state index in [1.54, 1.807) is 6.07 Å². The third kappa shape index (κ3) is 10.4. The molecule has 1 heterocycles. The number of fused-ring (bicyclic) bond motifs is 1. The Bertz CT molecular complexity index is 777. The molecule has 0 aliphatic rings. The molecule has 2 rings (SSSR count). The topological polar surface area (TPSA) is 39.4 Å². The lowest BCUT2D eigenvalue weighted by molar-refractivity contribution is 0.340. The highest BCUT2D eigenvalue weighted by atomic mass is 16.5. The fourth-order valence-electron chi connectivity index (χ4n) is 4.25. The highest BCUT2D eigenvalue weighted by Gasteiger charge is 2.06. The lowest BCUT2D eigenvalue weighted by Crippen LogP contribution is -2.07. The fraction of sp³-hybridized carbons (Fsp3) is 0.679. The molecule has 3 heteroatoms. The van der Waals surface area contributed by atoms with Gasteiger partial charge in [0.1, 0.15) is 11.3 Å². The molecule has 1 aromatic carbocycles. The first-order valence-electron chi connectivity index (χ1n) is 12.9. The number of unbranched alkanes of at least 4 members (excludes halogenated alkanes) is 14. The van der Waals surface area contributed by atoms with E-state index in [9.17, 15) is 4.79 Å². The molecule has 0 saturated carbocycles. The van der Waals surface area contributed by atoms with Crippen molar-refractivity contribution in [1.29, 1.82) is 0 Å². The normalized spacial score (nSPS) is 11.3. The molecule has 0 unspecified atom stereocenters. The molecule has 0 aliphatic heterocycles. The summed E-state index contributed by atoms with van der Waals surface area (Å²) in [6.07, 6.45) is 21.1. The van der Waals surface area contributed by atoms with Gasteiger partial charge in [-0.25, -0.2) is 4.79 Å². The lowest BCUT2D eigenvalue weighted by Gasteiger charge is -2.06. The van der Waals surface area contributed by atoms with Crippen molar-refractivity contribution in [2.24, 2.45) is 0 Å². The molecule has 0 spiro atoms. The van der Waals surface area contributed by atoms with E-state index in [-0.39, 0.29) is 5.63 Å². The van der Waals surface area contributed by atoms with Crippen molar-refractivity contribution >= 4 is 11.0 Å². The van der Waals surface area contributed by atoms with E-state index in [4.69, 9.17) is 9.15 Å². The van der Waals surface area contributed by atoms with Crippen molar-refractivity contribution in [2.75, 3.05) is 6.61 Å². The summed E-state index contributed by atoms with van der Waals surface area (Å²) in [7, 11) is 0. The third-order valence-corrected chi connectivity index (χ3v) is 6.14. The van der Waals surface area contributed by atoms with Crippen molar-refractivity contribution in [2.45, 2.75) is 117 Å². The highest BCUT2D eigenvalue weighted by molar-refractivity contribution is 5.78. The summed E-state index contributed by atoms with van der Waals surface area (Å²) >= 11 is 0. The Labute approximate surface area is 189 Å². The van der Waals surface area contributed by atoms with E-state index >= 15 is 0 Å². The van der Waals surface area contributed by atoms with E-state index in [2.05, 4.69) is 6.92 Å². The SMILES string of the molecule is CCCCCCCCCCCCCCCCCc1cc2ccc(OCC)cc2oc1=O. The quantitative estimate of drug-likeness (QED) is 0.176. The first-order chi connectivity index (χ1) is 15.2. The van der Waals surface area contributed by atoms with E-state index in [1.807, 2.05) is 25.1 Å². The van der Waals surface area contributed by atoms with Gasteiger partial charge in [-0.05, 0) is 38.0 Å². The van der Waals surface area contributed by atoms with Crippen molar-refractivity contribution in [3.05, 3.63) is 40.2 Å². The standard InChI is InChI=1S/C28H44O3/c1-3-5-6-7-8-9-10-11-12-13-14-15-16-17-18-19-25-22-24-20-21-26(30-4-2)23-27(24)31-28(25)29/h20-23H,3-19H2,1-2H3. The van der Waals surface area contributed by atoms with Gasteiger partial charge in [-0.1, -0.05) is 96.8 Å². The van der Waals surface area contributed by atoms with Gasteiger partial charge in [0.25, 0.3) is 0 Å². The van der Waals surface area contributed by atoms with Crippen LogP contribution in [0.25, 0.3) is 11.0 Å². The van der Waals surface area contributed by atoms with Crippen molar-refractivity contribution in [1.82, 2.24) is 0 Å². The average molecular weight is 429 g/mol. The number of ether oxygens (including phenoxy) is 1. The summed E-state index contributed by atoms with van der Waals surface area (Å²) in [5, 5.41) is 0.971. The van der Waals surface area contributed by atoms with Gasteiger partial charge in [-0.15, -0.1) is 0 Å². The minimum atomic E-state index is -0.202. The molecule has 0 amide bonds. The maximum Gasteiger partial charge on any atom is 0.339 e. The monoisotopic (exact) mass is 428 g/mol. The summed E-state index contributed by atoms with van der Waals surface area (Å²) in [6, 6.07) is 7.70. The maximum atomic E-state index is 12.3. The van der Waals surface area contributed by atoms with Crippen molar-refractivity contribution in [3.8, 4) is 5.75 Å².